The number of fused-ring (bicyclic) bond motifs is 1. The van der Waals surface area contributed by atoms with E-state index in [2.05, 4.69) is 15.3 Å². The summed E-state index contributed by atoms with van der Waals surface area (Å²) in [6.07, 6.45) is 6.14. The van der Waals surface area contributed by atoms with Crippen molar-refractivity contribution in [1.82, 2.24) is 19.4 Å². The van der Waals surface area contributed by atoms with Crippen LogP contribution < -0.4 is 11.1 Å². The molecule has 1 fully saturated rings. The zero-order chi connectivity index (χ0) is 23.7. The molecule has 9 nitrogen and oxygen atoms in total. The van der Waals surface area contributed by atoms with Gasteiger partial charge >= 0.3 is 0 Å². The number of rotatable bonds is 5. The van der Waals surface area contributed by atoms with E-state index in [4.69, 9.17) is 15.5 Å². The lowest BCUT2D eigenvalue weighted by atomic mass is 9.98. The van der Waals surface area contributed by atoms with Gasteiger partial charge in [0.2, 0.25) is 0 Å². The largest absolute Gasteiger partial charge is 0.394 e. The van der Waals surface area contributed by atoms with Crippen molar-refractivity contribution in [2.75, 3.05) is 24.3 Å². The summed E-state index contributed by atoms with van der Waals surface area (Å²) in [7, 11) is 0. The lowest BCUT2D eigenvalue weighted by molar-refractivity contribution is -0.0282. The van der Waals surface area contributed by atoms with Crippen LogP contribution >= 0.6 is 0 Å². The SMILES string of the molecule is Nc1nccn2c(C3CCC(CO)OC3)nc(-c3ccc(C(=O)Nc4ccccn4)cc3F)c12. The Morgan fingerprint density at radius 3 is 2.82 bits per heavy atom. The van der Waals surface area contributed by atoms with E-state index in [1.54, 1.807) is 36.8 Å². The van der Waals surface area contributed by atoms with Crippen LogP contribution in [0, 0.1) is 5.82 Å². The molecule has 34 heavy (non-hydrogen) atoms. The Hall–Kier alpha value is -3.89. The topological polar surface area (TPSA) is 128 Å². The van der Waals surface area contributed by atoms with E-state index >= 15 is 4.39 Å². The number of amides is 1. The summed E-state index contributed by atoms with van der Waals surface area (Å²) in [5.41, 5.74) is 7.36. The predicted molar refractivity (Wildman–Crippen MR) is 124 cm³/mol. The van der Waals surface area contributed by atoms with Crippen LogP contribution in [0.2, 0.25) is 0 Å². The van der Waals surface area contributed by atoms with Gasteiger partial charge in [-0.1, -0.05) is 6.07 Å². The first-order valence-corrected chi connectivity index (χ1v) is 10.9. The molecular formula is C24H23FN6O3. The van der Waals surface area contributed by atoms with E-state index in [-0.39, 0.29) is 35.6 Å². The Balaban J connectivity index is 1.50. The van der Waals surface area contributed by atoms with E-state index in [9.17, 15) is 9.90 Å². The van der Waals surface area contributed by atoms with E-state index in [0.717, 1.165) is 6.42 Å². The van der Waals surface area contributed by atoms with Gasteiger partial charge in [0.05, 0.1) is 19.3 Å². The molecule has 3 aromatic heterocycles. The minimum Gasteiger partial charge on any atom is -0.394 e. The molecule has 0 bridgehead atoms. The van der Waals surface area contributed by atoms with Gasteiger partial charge in [-0.2, -0.15) is 0 Å². The van der Waals surface area contributed by atoms with Crippen LogP contribution in [-0.2, 0) is 4.74 Å². The summed E-state index contributed by atoms with van der Waals surface area (Å²) in [5, 5.41) is 12.0. The van der Waals surface area contributed by atoms with E-state index < -0.39 is 11.7 Å². The fourth-order valence-corrected chi connectivity index (χ4v) is 4.19. The Morgan fingerprint density at radius 2 is 2.12 bits per heavy atom. The molecule has 0 radical (unpaired) electrons. The second kappa shape index (κ2) is 9.16. The highest BCUT2D eigenvalue weighted by atomic mass is 19.1. The number of aliphatic hydroxyl groups excluding tert-OH is 1. The van der Waals surface area contributed by atoms with Crippen LogP contribution in [0.1, 0.15) is 34.9 Å². The van der Waals surface area contributed by atoms with Crippen LogP contribution in [0.15, 0.2) is 55.0 Å². The average molecular weight is 462 g/mol. The quantitative estimate of drug-likeness (QED) is 0.416. The molecule has 1 saturated heterocycles. The number of nitrogen functional groups attached to an aromatic ring is 1. The molecule has 0 saturated carbocycles. The van der Waals surface area contributed by atoms with Crippen LogP contribution in [0.4, 0.5) is 16.0 Å². The molecule has 1 aliphatic rings. The standard InChI is InChI=1S/C24H23FN6O3/c25-18-11-14(24(33)29-19-3-1-2-8-27-19)5-7-17(18)20-21-22(26)28-9-10-31(21)23(30-20)15-4-6-16(12-32)34-13-15/h1-3,5,7-11,15-16,32H,4,6,12-13H2,(H2,26,28)(H,27,29,33). The van der Waals surface area contributed by atoms with Gasteiger partial charge in [0.1, 0.15) is 34.5 Å². The first-order valence-electron chi connectivity index (χ1n) is 10.9. The molecule has 4 heterocycles. The smallest absolute Gasteiger partial charge is 0.256 e. The fourth-order valence-electron chi connectivity index (χ4n) is 4.19. The molecular weight excluding hydrogens is 439 g/mol. The number of imidazole rings is 1. The highest BCUT2D eigenvalue weighted by Crippen LogP contribution is 2.35. The number of hydrogen-bond donors (Lipinski definition) is 3. The Bertz CT molecular complexity index is 1340. The van der Waals surface area contributed by atoms with Gasteiger partial charge in [0, 0.05) is 35.6 Å². The normalized spacial score (nSPS) is 18.2. The highest BCUT2D eigenvalue weighted by Gasteiger charge is 2.28. The molecule has 2 unspecified atom stereocenters. The average Bonchev–Trinajstić information content (AvgIpc) is 3.25. The molecule has 4 aromatic rings. The first-order chi connectivity index (χ1) is 16.5. The van der Waals surface area contributed by atoms with Crippen molar-refractivity contribution in [1.29, 1.82) is 0 Å². The number of nitrogens with one attached hydrogen (secondary N) is 1. The number of nitrogens with two attached hydrogens (primary N) is 1. The van der Waals surface area contributed by atoms with E-state index in [0.29, 0.717) is 35.9 Å². The van der Waals surface area contributed by atoms with Crippen molar-refractivity contribution < 1.29 is 19.0 Å². The van der Waals surface area contributed by atoms with Crippen LogP contribution in [-0.4, -0.2) is 49.7 Å². The number of aromatic nitrogens is 4. The number of anilines is 2. The van der Waals surface area contributed by atoms with Crippen LogP contribution in [0.25, 0.3) is 16.8 Å². The van der Waals surface area contributed by atoms with Crippen molar-refractivity contribution in [2.24, 2.45) is 0 Å². The number of hydrogen-bond acceptors (Lipinski definition) is 7. The number of benzene rings is 1. The summed E-state index contributed by atoms with van der Waals surface area (Å²) in [6.45, 7) is 0.365. The van der Waals surface area contributed by atoms with Gasteiger partial charge in [-0.3, -0.25) is 9.20 Å². The van der Waals surface area contributed by atoms with Crippen molar-refractivity contribution >= 4 is 23.1 Å². The van der Waals surface area contributed by atoms with Gasteiger partial charge < -0.3 is 20.9 Å². The fraction of sp³-hybridized carbons (Fsp3) is 0.250. The summed E-state index contributed by atoms with van der Waals surface area (Å²) >= 11 is 0. The first kappa shape index (κ1) is 21.9. The lowest BCUT2D eigenvalue weighted by Gasteiger charge is -2.27. The summed E-state index contributed by atoms with van der Waals surface area (Å²) < 4.78 is 22.8. The Kier molecular flexibility index (Phi) is 5.91. The number of halogens is 1. The molecule has 2 atom stereocenters. The molecule has 1 amide bonds. The second-order valence-corrected chi connectivity index (χ2v) is 8.13. The van der Waals surface area contributed by atoms with Crippen molar-refractivity contribution in [3.63, 3.8) is 0 Å². The maximum atomic E-state index is 15.3. The number of ether oxygens (including phenoxy) is 1. The second-order valence-electron chi connectivity index (χ2n) is 8.13. The molecule has 1 aliphatic heterocycles. The summed E-state index contributed by atoms with van der Waals surface area (Å²) in [6, 6.07) is 9.34. The third-order valence-corrected chi connectivity index (χ3v) is 5.94. The Labute approximate surface area is 194 Å². The molecule has 0 spiro atoms. The number of carbonyl (C=O) groups is 1. The Morgan fingerprint density at radius 1 is 1.24 bits per heavy atom. The molecule has 0 aliphatic carbocycles. The highest BCUT2D eigenvalue weighted by molar-refractivity contribution is 6.04. The van der Waals surface area contributed by atoms with Crippen LogP contribution in [0.3, 0.4) is 0 Å². The maximum absolute atomic E-state index is 15.3. The zero-order valence-corrected chi connectivity index (χ0v) is 18.2. The van der Waals surface area contributed by atoms with Crippen molar-refractivity contribution in [3.05, 3.63) is 72.2 Å². The third-order valence-electron chi connectivity index (χ3n) is 5.94. The number of pyridine rings is 1. The van der Waals surface area contributed by atoms with Crippen LogP contribution in [0.5, 0.6) is 0 Å². The lowest BCUT2D eigenvalue weighted by Crippen LogP contribution is -2.28. The monoisotopic (exact) mass is 462 g/mol. The van der Waals surface area contributed by atoms with Gasteiger partial charge in [-0.15, -0.1) is 0 Å². The number of aliphatic hydroxyl groups is 1. The number of carbonyl (C=O) groups excluding carboxylic acids is 1. The minimum absolute atomic E-state index is 0.0252. The van der Waals surface area contributed by atoms with Gasteiger partial charge in [-0.25, -0.2) is 19.3 Å². The van der Waals surface area contributed by atoms with Gasteiger partial charge in [0.25, 0.3) is 5.91 Å². The maximum Gasteiger partial charge on any atom is 0.256 e. The minimum atomic E-state index is -0.608. The molecule has 10 heteroatoms. The van der Waals surface area contributed by atoms with Gasteiger partial charge in [-0.05, 0) is 43.2 Å². The predicted octanol–water partition coefficient (Wildman–Crippen LogP) is 3.02. The van der Waals surface area contributed by atoms with Gasteiger partial charge in [0.15, 0.2) is 0 Å². The summed E-state index contributed by atoms with van der Waals surface area (Å²) in [5.74, 6) is 0.155. The molecule has 4 N–H and O–H groups in total. The number of nitrogens with zero attached hydrogens (tertiary/aromatic N) is 4. The van der Waals surface area contributed by atoms with Crippen molar-refractivity contribution in [3.8, 4) is 11.3 Å². The summed E-state index contributed by atoms with van der Waals surface area (Å²) in [4.78, 5) is 25.5. The zero-order valence-electron chi connectivity index (χ0n) is 18.2. The molecule has 5 rings (SSSR count). The molecule has 174 valence electrons. The molecule has 1 aromatic carbocycles. The third kappa shape index (κ3) is 4.09. The van der Waals surface area contributed by atoms with E-state index in [1.165, 1.54) is 18.2 Å². The van der Waals surface area contributed by atoms with Crippen molar-refractivity contribution in [2.45, 2.75) is 24.9 Å². The van der Waals surface area contributed by atoms with E-state index in [1.807, 2.05) is 4.40 Å².